The molecule has 0 aromatic rings. The van der Waals surface area contributed by atoms with E-state index in [9.17, 15) is 14.4 Å². The lowest BCUT2D eigenvalue weighted by molar-refractivity contribution is -0.167. The summed E-state index contributed by atoms with van der Waals surface area (Å²) < 4.78 is 16.9. The molecule has 6 heteroatoms. The topological polar surface area (TPSA) is 78.9 Å². The van der Waals surface area contributed by atoms with Crippen molar-refractivity contribution in [3.8, 4) is 0 Å². The van der Waals surface area contributed by atoms with E-state index >= 15 is 0 Å². The number of carbonyl (C=O) groups excluding carboxylic acids is 3. The average molecular weight is 948 g/mol. The molecule has 0 saturated carbocycles. The lowest BCUT2D eigenvalue weighted by atomic mass is 10.0. The number of carbonyl (C=O) groups is 3. The Morgan fingerprint density at radius 3 is 0.731 bits per heavy atom. The van der Waals surface area contributed by atoms with Gasteiger partial charge in [-0.25, -0.2) is 0 Å². The number of unbranched alkanes of at least 4 members (excludes halogenated alkanes) is 43. The van der Waals surface area contributed by atoms with Crippen molar-refractivity contribution in [2.45, 2.75) is 355 Å². The Kier molecular flexibility index (Phi) is 54.0. The first kappa shape index (κ1) is 65.4. The predicted octanol–water partition coefficient (Wildman–Crippen LogP) is 20.2. The Balaban J connectivity index is 4.23. The van der Waals surface area contributed by atoms with E-state index in [2.05, 4.69) is 27.7 Å². The number of hydrogen-bond donors (Lipinski definition) is 0. The minimum atomic E-state index is -0.762. The molecule has 1 atom stereocenters. The SMILES string of the molecule is CCCCCCCCCCCCCCCCCCCCCC(=O)O[C@H](COC(=O)CCCCCCCCCCCCC)COC(=O)CCCCCCCCCCCCCCCCCCC(C)C. The van der Waals surface area contributed by atoms with E-state index in [1.807, 2.05) is 0 Å². The largest absolute Gasteiger partial charge is 0.462 e. The van der Waals surface area contributed by atoms with E-state index in [-0.39, 0.29) is 31.1 Å². The molecular formula is C61H118O6. The highest BCUT2D eigenvalue weighted by molar-refractivity contribution is 5.71. The van der Waals surface area contributed by atoms with Crippen LogP contribution in [0.5, 0.6) is 0 Å². The van der Waals surface area contributed by atoms with Crippen molar-refractivity contribution < 1.29 is 28.6 Å². The van der Waals surface area contributed by atoms with Gasteiger partial charge >= 0.3 is 17.9 Å². The summed E-state index contributed by atoms with van der Waals surface area (Å²) in [7, 11) is 0. The fourth-order valence-electron chi connectivity index (χ4n) is 9.46. The summed E-state index contributed by atoms with van der Waals surface area (Å²) in [6.45, 7) is 9.08. The Morgan fingerprint density at radius 1 is 0.284 bits per heavy atom. The fraction of sp³-hybridized carbons (Fsp3) is 0.951. The van der Waals surface area contributed by atoms with E-state index in [0.717, 1.165) is 63.7 Å². The quantitative estimate of drug-likeness (QED) is 0.0343. The Hall–Kier alpha value is -1.59. The molecule has 0 spiro atoms. The van der Waals surface area contributed by atoms with E-state index < -0.39 is 6.10 Å². The van der Waals surface area contributed by atoms with Crippen molar-refractivity contribution in [3.05, 3.63) is 0 Å². The molecule has 6 nitrogen and oxygen atoms in total. The zero-order valence-corrected chi connectivity index (χ0v) is 45.9. The maximum atomic E-state index is 12.9. The molecule has 0 bridgehead atoms. The maximum absolute atomic E-state index is 12.9. The molecule has 67 heavy (non-hydrogen) atoms. The molecule has 0 aromatic heterocycles. The van der Waals surface area contributed by atoms with E-state index in [0.29, 0.717) is 19.3 Å². The Bertz CT molecular complexity index is 1010. The van der Waals surface area contributed by atoms with Gasteiger partial charge in [0.25, 0.3) is 0 Å². The summed E-state index contributed by atoms with van der Waals surface area (Å²) in [6, 6.07) is 0. The van der Waals surface area contributed by atoms with Gasteiger partial charge < -0.3 is 14.2 Å². The van der Waals surface area contributed by atoms with Crippen LogP contribution in [0.1, 0.15) is 349 Å². The third-order valence-corrected chi connectivity index (χ3v) is 14.0. The lowest BCUT2D eigenvalue weighted by Gasteiger charge is -2.18. The van der Waals surface area contributed by atoms with Gasteiger partial charge in [-0.1, -0.05) is 310 Å². The predicted molar refractivity (Wildman–Crippen MR) is 289 cm³/mol. The third-order valence-electron chi connectivity index (χ3n) is 14.0. The molecule has 0 aromatic carbocycles. The highest BCUT2D eigenvalue weighted by Crippen LogP contribution is 2.18. The van der Waals surface area contributed by atoms with Gasteiger partial charge in [0, 0.05) is 19.3 Å². The van der Waals surface area contributed by atoms with Gasteiger partial charge in [0.15, 0.2) is 6.10 Å². The smallest absolute Gasteiger partial charge is 0.306 e. The molecule has 0 N–H and O–H groups in total. The van der Waals surface area contributed by atoms with Crippen molar-refractivity contribution >= 4 is 17.9 Å². The van der Waals surface area contributed by atoms with Crippen LogP contribution in [-0.2, 0) is 28.6 Å². The zero-order valence-electron chi connectivity index (χ0n) is 45.9. The maximum Gasteiger partial charge on any atom is 0.306 e. The molecule has 398 valence electrons. The van der Waals surface area contributed by atoms with Crippen LogP contribution in [0.25, 0.3) is 0 Å². The Labute approximate surface area is 418 Å². The number of hydrogen-bond acceptors (Lipinski definition) is 6. The summed E-state index contributed by atoms with van der Waals surface area (Å²) in [5, 5.41) is 0. The van der Waals surface area contributed by atoms with Gasteiger partial charge in [-0.15, -0.1) is 0 Å². The molecule has 0 heterocycles. The van der Waals surface area contributed by atoms with Crippen LogP contribution in [0.15, 0.2) is 0 Å². The van der Waals surface area contributed by atoms with Crippen molar-refractivity contribution in [3.63, 3.8) is 0 Å². The van der Waals surface area contributed by atoms with Gasteiger partial charge in [0.1, 0.15) is 13.2 Å². The molecule has 0 aliphatic rings. The van der Waals surface area contributed by atoms with E-state index in [1.165, 1.54) is 244 Å². The molecule has 0 aliphatic carbocycles. The Morgan fingerprint density at radius 2 is 0.493 bits per heavy atom. The highest BCUT2D eigenvalue weighted by Gasteiger charge is 2.19. The first-order chi connectivity index (χ1) is 32.9. The second-order valence-corrected chi connectivity index (χ2v) is 21.5. The standard InChI is InChI=1S/C61H118O6/c1-5-7-9-11-13-15-17-18-19-20-21-22-27-30-34-38-42-46-50-54-61(64)67-58(55-65-59(62)52-48-44-40-36-31-16-14-12-10-8-6-2)56-66-60(63)53-49-45-41-37-33-29-26-24-23-25-28-32-35-39-43-47-51-57(3)4/h57-58H,5-56H2,1-4H3/t58-/m1/s1. The third kappa shape index (κ3) is 55.2. The summed E-state index contributed by atoms with van der Waals surface area (Å²) in [4.78, 5) is 38.2. The first-order valence-electron chi connectivity index (χ1n) is 30.4. The van der Waals surface area contributed by atoms with Gasteiger partial charge in [-0.3, -0.25) is 14.4 Å². The van der Waals surface area contributed by atoms with E-state index in [4.69, 9.17) is 14.2 Å². The van der Waals surface area contributed by atoms with Crippen LogP contribution in [-0.4, -0.2) is 37.2 Å². The van der Waals surface area contributed by atoms with Gasteiger partial charge in [0.05, 0.1) is 0 Å². The lowest BCUT2D eigenvalue weighted by Crippen LogP contribution is -2.30. The van der Waals surface area contributed by atoms with Crippen LogP contribution < -0.4 is 0 Å². The summed E-state index contributed by atoms with van der Waals surface area (Å²) in [5.74, 6) is 0.0200. The summed E-state index contributed by atoms with van der Waals surface area (Å²) >= 11 is 0. The normalized spacial score (nSPS) is 12.0. The molecule has 0 amide bonds. The van der Waals surface area contributed by atoms with Crippen LogP contribution >= 0.6 is 0 Å². The summed E-state index contributed by atoms with van der Waals surface area (Å²) in [5.41, 5.74) is 0. The van der Waals surface area contributed by atoms with Crippen molar-refractivity contribution in [1.82, 2.24) is 0 Å². The second-order valence-electron chi connectivity index (χ2n) is 21.5. The minimum Gasteiger partial charge on any atom is -0.462 e. The van der Waals surface area contributed by atoms with Gasteiger partial charge in [0.2, 0.25) is 0 Å². The van der Waals surface area contributed by atoms with Gasteiger partial charge in [-0.05, 0) is 25.2 Å². The summed E-state index contributed by atoms with van der Waals surface area (Å²) in [6.07, 6.45) is 61.0. The molecule has 0 aliphatic heterocycles. The second kappa shape index (κ2) is 55.3. The zero-order chi connectivity index (χ0) is 48.8. The van der Waals surface area contributed by atoms with Crippen LogP contribution in [0.3, 0.4) is 0 Å². The monoisotopic (exact) mass is 947 g/mol. The molecule has 0 fully saturated rings. The first-order valence-corrected chi connectivity index (χ1v) is 30.4. The van der Waals surface area contributed by atoms with Crippen LogP contribution in [0.2, 0.25) is 0 Å². The van der Waals surface area contributed by atoms with Crippen LogP contribution in [0.4, 0.5) is 0 Å². The number of rotatable bonds is 56. The van der Waals surface area contributed by atoms with Crippen molar-refractivity contribution in [2.24, 2.45) is 5.92 Å². The number of esters is 3. The minimum absolute atomic E-state index is 0.0616. The van der Waals surface area contributed by atoms with Crippen molar-refractivity contribution in [2.75, 3.05) is 13.2 Å². The fourth-order valence-corrected chi connectivity index (χ4v) is 9.46. The average Bonchev–Trinajstić information content (AvgIpc) is 3.31. The molecular weight excluding hydrogens is 829 g/mol. The van der Waals surface area contributed by atoms with Crippen LogP contribution in [0, 0.1) is 5.92 Å². The number of ether oxygens (including phenoxy) is 3. The molecule has 0 saturated heterocycles. The van der Waals surface area contributed by atoms with Crippen molar-refractivity contribution in [1.29, 1.82) is 0 Å². The highest BCUT2D eigenvalue weighted by atomic mass is 16.6. The molecule has 0 rings (SSSR count). The van der Waals surface area contributed by atoms with Gasteiger partial charge in [-0.2, -0.15) is 0 Å². The molecule has 0 unspecified atom stereocenters. The van der Waals surface area contributed by atoms with E-state index in [1.54, 1.807) is 0 Å². The molecule has 0 radical (unpaired) electrons.